The molecule has 3 aromatic carbocycles. The van der Waals surface area contributed by atoms with E-state index < -0.39 is 0 Å². The molecule has 2 nitrogen and oxygen atoms in total. The molecule has 0 amide bonds. The summed E-state index contributed by atoms with van der Waals surface area (Å²) in [6.45, 7) is 0.693. The molecule has 1 aliphatic heterocycles. The maximum atomic E-state index is 6.05. The molecule has 26 heavy (non-hydrogen) atoms. The van der Waals surface area contributed by atoms with E-state index in [0.717, 1.165) is 17.3 Å². The van der Waals surface area contributed by atoms with Crippen LogP contribution in [-0.4, -0.2) is 5.84 Å². The van der Waals surface area contributed by atoms with Crippen LogP contribution in [0.1, 0.15) is 28.3 Å². The summed E-state index contributed by atoms with van der Waals surface area (Å²) in [5, 5.41) is 4.38. The molecule has 0 saturated carbocycles. The molecule has 0 bridgehead atoms. The fourth-order valence-corrected chi connectivity index (χ4v) is 3.37. The average Bonchev–Trinajstić information content (AvgIpc) is 2.67. The third kappa shape index (κ3) is 4.09. The van der Waals surface area contributed by atoms with Gasteiger partial charge in [-0.2, -0.15) is 0 Å². The number of fused-ring (bicyclic) bond motifs is 1. The minimum atomic E-state index is 0. The summed E-state index contributed by atoms with van der Waals surface area (Å²) in [5.74, 6) is 1.03. The van der Waals surface area contributed by atoms with Gasteiger partial charge in [-0.05, 0) is 34.4 Å². The molecule has 0 saturated heterocycles. The standard InChI is InChI=1S/C22H19ClN2.ClH/c23-19-12-10-17(11-13-19)22-20-9-5-4-8-18(20)14-21(25-22)24-15-16-6-2-1-3-7-16;/h1-13,22H,14-15H2,(H,24,25);1H. The molecule has 1 atom stereocenters. The number of nitrogens with one attached hydrogen (secondary N) is 1. The molecule has 1 unspecified atom stereocenters. The van der Waals surface area contributed by atoms with Gasteiger partial charge in [0.1, 0.15) is 5.84 Å². The molecule has 4 rings (SSSR count). The van der Waals surface area contributed by atoms with E-state index in [9.17, 15) is 0 Å². The van der Waals surface area contributed by atoms with Crippen LogP contribution in [0.15, 0.2) is 83.9 Å². The Morgan fingerprint density at radius 3 is 2.35 bits per heavy atom. The minimum Gasteiger partial charge on any atom is -0.363 e. The van der Waals surface area contributed by atoms with Crippen molar-refractivity contribution in [2.24, 2.45) is 4.99 Å². The first kappa shape index (κ1) is 18.5. The van der Waals surface area contributed by atoms with E-state index in [1.54, 1.807) is 0 Å². The topological polar surface area (TPSA) is 24.4 Å². The Balaban J connectivity index is 0.00000196. The lowest BCUT2D eigenvalue weighted by Crippen LogP contribution is -2.36. The van der Waals surface area contributed by atoms with Crippen LogP contribution < -0.4 is 5.32 Å². The van der Waals surface area contributed by atoms with Crippen molar-refractivity contribution in [2.45, 2.75) is 19.0 Å². The Bertz CT molecular complexity index is 890. The van der Waals surface area contributed by atoms with Crippen molar-refractivity contribution in [3.8, 4) is 0 Å². The van der Waals surface area contributed by atoms with E-state index in [4.69, 9.17) is 16.6 Å². The number of hydrogen-bond donors (Lipinski definition) is 1. The van der Waals surface area contributed by atoms with Gasteiger partial charge in [0.25, 0.3) is 0 Å². The van der Waals surface area contributed by atoms with Gasteiger partial charge in [-0.25, -0.2) is 0 Å². The molecule has 0 spiro atoms. The molecule has 0 radical (unpaired) electrons. The SMILES string of the molecule is Cl.Clc1ccc(C2NC(=NCc3ccccc3)Cc3ccccc32)cc1. The molecule has 1 aliphatic rings. The van der Waals surface area contributed by atoms with Gasteiger partial charge in [0.05, 0.1) is 12.6 Å². The molecule has 1 N–H and O–H groups in total. The van der Waals surface area contributed by atoms with Crippen molar-refractivity contribution in [2.75, 3.05) is 0 Å². The maximum absolute atomic E-state index is 6.05. The van der Waals surface area contributed by atoms with Gasteiger partial charge in [-0.3, -0.25) is 4.99 Å². The third-order valence-electron chi connectivity index (χ3n) is 4.53. The number of aliphatic imine (C=N–C) groups is 1. The predicted octanol–water partition coefficient (Wildman–Crippen LogP) is 5.60. The van der Waals surface area contributed by atoms with Gasteiger partial charge in [-0.1, -0.05) is 78.3 Å². The summed E-state index contributed by atoms with van der Waals surface area (Å²) in [5.41, 5.74) is 5.05. The van der Waals surface area contributed by atoms with Gasteiger partial charge < -0.3 is 5.32 Å². The number of halogens is 2. The zero-order valence-corrected chi connectivity index (χ0v) is 15.8. The van der Waals surface area contributed by atoms with E-state index in [-0.39, 0.29) is 18.4 Å². The average molecular weight is 383 g/mol. The van der Waals surface area contributed by atoms with Crippen molar-refractivity contribution in [3.05, 3.63) is 106 Å². The molecule has 0 aromatic heterocycles. The number of nitrogens with zero attached hydrogens (tertiary/aromatic N) is 1. The molecule has 4 heteroatoms. The second-order valence-electron chi connectivity index (χ2n) is 6.25. The third-order valence-corrected chi connectivity index (χ3v) is 4.79. The number of hydrogen-bond acceptors (Lipinski definition) is 1. The van der Waals surface area contributed by atoms with E-state index in [2.05, 4.69) is 66.0 Å². The smallest absolute Gasteiger partial charge is 0.102 e. The zero-order chi connectivity index (χ0) is 17.1. The molecule has 0 fully saturated rings. The quantitative estimate of drug-likeness (QED) is 0.626. The fraction of sp³-hybridized carbons (Fsp3) is 0.136. The Hall–Kier alpha value is -2.29. The number of rotatable bonds is 3. The second kappa shape index (κ2) is 8.39. The molecule has 3 aromatic rings. The van der Waals surface area contributed by atoms with Crippen molar-refractivity contribution >= 4 is 29.8 Å². The van der Waals surface area contributed by atoms with Gasteiger partial charge in [0.15, 0.2) is 0 Å². The summed E-state index contributed by atoms with van der Waals surface area (Å²) in [6.07, 6.45) is 0.840. The minimum absolute atomic E-state index is 0. The second-order valence-corrected chi connectivity index (χ2v) is 6.69. The Morgan fingerprint density at radius 2 is 1.58 bits per heavy atom. The predicted molar refractivity (Wildman–Crippen MR) is 111 cm³/mol. The van der Waals surface area contributed by atoms with Gasteiger partial charge in [-0.15, -0.1) is 12.4 Å². The summed E-state index contributed by atoms with van der Waals surface area (Å²) >= 11 is 6.05. The summed E-state index contributed by atoms with van der Waals surface area (Å²) in [7, 11) is 0. The van der Waals surface area contributed by atoms with Crippen LogP contribution in [0.3, 0.4) is 0 Å². The van der Waals surface area contributed by atoms with Crippen LogP contribution in [0.4, 0.5) is 0 Å². The zero-order valence-electron chi connectivity index (χ0n) is 14.2. The van der Waals surface area contributed by atoms with Crippen molar-refractivity contribution in [3.63, 3.8) is 0 Å². The number of benzene rings is 3. The van der Waals surface area contributed by atoms with E-state index in [0.29, 0.717) is 6.54 Å². The lowest BCUT2D eigenvalue weighted by atomic mass is 9.89. The van der Waals surface area contributed by atoms with Crippen LogP contribution in [0.2, 0.25) is 5.02 Å². The summed E-state index contributed by atoms with van der Waals surface area (Å²) < 4.78 is 0. The molecule has 132 valence electrons. The first-order chi connectivity index (χ1) is 12.3. The summed E-state index contributed by atoms with van der Waals surface area (Å²) in [4.78, 5) is 4.83. The summed E-state index contributed by atoms with van der Waals surface area (Å²) in [6, 6.07) is 27.1. The van der Waals surface area contributed by atoms with E-state index >= 15 is 0 Å². The Morgan fingerprint density at radius 1 is 0.885 bits per heavy atom. The largest absolute Gasteiger partial charge is 0.363 e. The highest BCUT2D eigenvalue weighted by atomic mass is 35.5. The van der Waals surface area contributed by atoms with Gasteiger partial charge in [0.2, 0.25) is 0 Å². The van der Waals surface area contributed by atoms with Gasteiger partial charge >= 0.3 is 0 Å². The highest BCUT2D eigenvalue weighted by Gasteiger charge is 2.24. The van der Waals surface area contributed by atoms with Crippen molar-refractivity contribution < 1.29 is 0 Å². The monoisotopic (exact) mass is 382 g/mol. The Labute approximate surface area is 165 Å². The van der Waals surface area contributed by atoms with Crippen molar-refractivity contribution in [1.29, 1.82) is 0 Å². The molecular weight excluding hydrogens is 363 g/mol. The highest BCUT2D eigenvalue weighted by Crippen LogP contribution is 2.30. The molecule has 1 heterocycles. The van der Waals surface area contributed by atoms with Crippen LogP contribution in [0.25, 0.3) is 0 Å². The highest BCUT2D eigenvalue weighted by molar-refractivity contribution is 6.30. The first-order valence-corrected chi connectivity index (χ1v) is 8.84. The molecular formula is C22H20Cl2N2. The van der Waals surface area contributed by atoms with Crippen LogP contribution in [0.5, 0.6) is 0 Å². The molecule has 0 aliphatic carbocycles. The Kier molecular flexibility index (Phi) is 5.97. The lowest BCUT2D eigenvalue weighted by molar-refractivity contribution is 0.714. The normalized spacial score (nSPS) is 17.1. The van der Waals surface area contributed by atoms with Gasteiger partial charge in [0, 0.05) is 11.4 Å². The first-order valence-electron chi connectivity index (χ1n) is 8.46. The maximum Gasteiger partial charge on any atom is 0.102 e. The number of amidine groups is 1. The van der Waals surface area contributed by atoms with E-state index in [1.165, 1.54) is 22.3 Å². The van der Waals surface area contributed by atoms with Crippen LogP contribution in [0, 0.1) is 0 Å². The van der Waals surface area contributed by atoms with E-state index in [1.807, 2.05) is 18.2 Å². The van der Waals surface area contributed by atoms with Crippen LogP contribution in [-0.2, 0) is 13.0 Å². The lowest BCUT2D eigenvalue weighted by Gasteiger charge is -2.29. The van der Waals surface area contributed by atoms with Crippen molar-refractivity contribution in [1.82, 2.24) is 5.32 Å². The van der Waals surface area contributed by atoms with Crippen LogP contribution >= 0.6 is 24.0 Å². The fourth-order valence-electron chi connectivity index (χ4n) is 3.24.